The van der Waals surface area contributed by atoms with Gasteiger partial charge in [0.1, 0.15) is 18.8 Å². The second-order valence-corrected chi connectivity index (χ2v) is 12.3. The molecule has 9 nitrogen and oxygen atoms in total. The number of nitrogens with one attached hydrogen (secondary N) is 1. The van der Waals surface area contributed by atoms with Crippen LogP contribution in [0.2, 0.25) is 5.02 Å². The zero-order chi connectivity index (χ0) is 32.1. The van der Waals surface area contributed by atoms with Crippen molar-refractivity contribution in [3.05, 3.63) is 65.3 Å². The average Bonchev–Trinajstić information content (AvgIpc) is 3.47. The fourth-order valence-electron chi connectivity index (χ4n) is 4.56. The average molecular weight is 664 g/mol. The van der Waals surface area contributed by atoms with Crippen LogP contribution in [0.5, 0.6) is 5.75 Å². The lowest BCUT2D eigenvalue weighted by molar-refractivity contribution is -0.141. The number of hydrogen-bond donors (Lipinski definition) is 1. The van der Waals surface area contributed by atoms with Gasteiger partial charge >= 0.3 is 11.9 Å². The quantitative estimate of drug-likeness (QED) is 0.108. The van der Waals surface area contributed by atoms with Crippen LogP contribution >= 0.6 is 35.5 Å². The van der Waals surface area contributed by atoms with E-state index in [0.717, 1.165) is 45.8 Å². The van der Waals surface area contributed by atoms with Crippen LogP contribution in [0.4, 0.5) is 5.69 Å². The van der Waals surface area contributed by atoms with Crippen LogP contribution in [0.3, 0.4) is 0 Å². The maximum absolute atomic E-state index is 12.6. The lowest BCUT2D eigenvalue weighted by Crippen LogP contribution is -2.28. The lowest BCUT2D eigenvalue weighted by atomic mass is 10.1. The maximum Gasteiger partial charge on any atom is 0.326 e. The molecule has 1 aliphatic carbocycles. The topological polar surface area (TPSA) is 93.3 Å². The van der Waals surface area contributed by atoms with E-state index in [2.05, 4.69) is 17.1 Å². The van der Waals surface area contributed by atoms with Crippen LogP contribution in [0.15, 0.2) is 59.5 Å². The first-order valence-electron chi connectivity index (χ1n) is 14.6. The number of methoxy groups -OCH3 is 3. The molecule has 0 aliphatic heterocycles. The van der Waals surface area contributed by atoms with E-state index >= 15 is 0 Å². The van der Waals surface area contributed by atoms with Crippen molar-refractivity contribution in [3.63, 3.8) is 0 Å². The number of benzene rings is 2. The van der Waals surface area contributed by atoms with Gasteiger partial charge in [-0.05, 0) is 74.2 Å². The van der Waals surface area contributed by atoms with Crippen molar-refractivity contribution in [2.45, 2.75) is 56.4 Å². The Morgan fingerprint density at radius 2 is 1.75 bits per heavy atom. The van der Waals surface area contributed by atoms with Gasteiger partial charge in [0.2, 0.25) is 0 Å². The Morgan fingerprint density at radius 1 is 1.00 bits per heavy atom. The van der Waals surface area contributed by atoms with Crippen molar-refractivity contribution in [2.75, 3.05) is 45.3 Å². The number of carbonyl (C=O) groups excluding carboxylic acids is 2. The normalized spacial score (nSPS) is 15.9. The van der Waals surface area contributed by atoms with Crippen molar-refractivity contribution in [2.24, 2.45) is 0 Å². The van der Waals surface area contributed by atoms with E-state index < -0.39 is 0 Å². The first-order chi connectivity index (χ1) is 21.3. The van der Waals surface area contributed by atoms with E-state index in [9.17, 15) is 9.59 Å². The fourth-order valence-corrected chi connectivity index (χ4v) is 6.89. The zero-order valence-corrected chi connectivity index (χ0v) is 28.5. The molecule has 0 saturated carbocycles. The Hall–Kier alpha value is -2.83. The molecule has 0 bridgehead atoms. The van der Waals surface area contributed by atoms with Crippen LogP contribution in [-0.4, -0.2) is 73.6 Å². The molecule has 1 aromatic heterocycles. The summed E-state index contributed by atoms with van der Waals surface area (Å²) in [4.78, 5) is 29.3. The highest BCUT2D eigenvalue weighted by molar-refractivity contribution is 8.00. The molecule has 0 radical (unpaired) electrons. The molecule has 2 atom stereocenters. The molecule has 2 unspecified atom stereocenters. The predicted octanol–water partition coefficient (Wildman–Crippen LogP) is 7.29. The highest BCUT2D eigenvalue weighted by Gasteiger charge is 2.23. The number of esters is 2. The molecule has 0 amide bonds. The number of aromatic amines is 1. The summed E-state index contributed by atoms with van der Waals surface area (Å²) in [6.07, 6.45) is 6.19. The van der Waals surface area contributed by atoms with Gasteiger partial charge < -0.3 is 28.2 Å². The van der Waals surface area contributed by atoms with Gasteiger partial charge in [-0.2, -0.15) is 0 Å². The Labute approximate surface area is 273 Å². The third-order valence-corrected chi connectivity index (χ3v) is 9.20. The second-order valence-electron chi connectivity index (χ2n) is 9.51. The summed E-state index contributed by atoms with van der Waals surface area (Å²) in [5.41, 5.74) is 2.42. The molecule has 12 heteroatoms. The number of aromatic nitrogens is 1. The van der Waals surface area contributed by atoms with Crippen molar-refractivity contribution < 1.29 is 28.5 Å². The Balaban J connectivity index is 0.00000259. The van der Waals surface area contributed by atoms with Gasteiger partial charge in [0.05, 0.1) is 43.2 Å². The molecule has 3 aromatic rings. The van der Waals surface area contributed by atoms with E-state index in [0.29, 0.717) is 18.2 Å². The number of nitrogens with zero attached hydrogens (tertiary/aromatic N) is 2. The fraction of sp³-hybridized carbons (Fsp3) is 0.438. The summed E-state index contributed by atoms with van der Waals surface area (Å²) in [5, 5.41) is 1.62. The van der Waals surface area contributed by atoms with Crippen LogP contribution in [0.1, 0.15) is 39.3 Å². The molecule has 0 fully saturated rings. The Bertz CT molecular complexity index is 1380. The van der Waals surface area contributed by atoms with Crippen molar-refractivity contribution in [1.29, 1.82) is 0 Å². The molecule has 4 rings (SSSR count). The van der Waals surface area contributed by atoms with Crippen LogP contribution in [0, 0.1) is 0 Å². The zero-order valence-electron chi connectivity index (χ0n) is 26.1. The predicted molar refractivity (Wildman–Crippen MR) is 180 cm³/mol. The van der Waals surface area contributed by atoms with E-state index in [1.807, 2.05) is 64.9 Å². The number of H-pyrrole nitrogens is 1. The molecule has 240 valence electrons. The van der Waals surface area contributed by atoms with Crippen LogP contribution in [-0.2, 0) is 30.3 Å². The highest BCUT2D eigenvalue weighted by Crippen LogP contribution is 2.38. The van der Waals surface area contributed by atoms with Gasteiger partial charge in [-0.1, -0.05) is 49.5 Å². The Kier molecular flexibility index (Phi) is 14.8. The van der Waals surface area contributed by atoms with Crippen molar-refractivity contribution in [3.8, 4) is 5.75 Å². The molecule has 0 spiro atoms. The second kappa shape index (κ2) is 18.2. The minimum absolute atomic E-state index is 0.0303. The third kappa shape index (κ3) is 10.1. The van der Waals surface area contributed by atoms with Crippen molar-refractivity contribution >= 4 is 64.0 Å². The number of anilines is 1. The summed E-state index contributed by atoms with van der Waals surface area (Å²) < 4.78 is 24.9. The van der Waals surface area contributed by atoms with Crippen molar-refractivity contribution in [1.82, 2.24) is 9.29 Å². The number of hydrogen-bond acceptors (Lipinski definition) is 10. The summed E-state index contributed by atoms with van der Waals surface area (Å²) in [7, 11) is 4.73. The summed E-state index contributed by atoms with van der Waals surface area (Å²) in [6, 6.07) is 13.4. The van der Waals surface area contributed by atoms with E-state index in [1.54, 1.807) is 33.1 Å². The molecule has 1 heterocycles. The van der Waals surface area contributed by atoms with Crippen LogP contribution in [0.25, 0.3) is 10.9 Å². The minimum Gasteiger partial charge on any atom is -0.497 e. The van der Waals surface area contributed by atoms with Gasteiger partial charge in [-0.3, -0.25) is 9.59 Å². The SMILES string of the molecule is CC.CCOC(=O)CN(Sc1ccc(OC)cc1)c1ccc(Cl)c2[nH]c(CN(CC(=O)OC)SC3C=CC(OC)CC3)cc12. The number of rotatable bonds is 14. The van der Waals surface area contributed by atoms with Gasteiger partial charge in [0.25, 0.3) is 0 Å². The molecule has 2 aromatic carbocycles. The largest absolute Gasteiger partial charge is 0.497 e. The number of carbonyl (C=O) groups is 2. The van der Waals surface area contributed by atoms with E-state index in [-0.39, 0.29) is 36.4 Å². The summed E-state index contributed by atoms with van der Waals surface area (Å²) >= 11 is 9.68. The first-order valence-corrected chi connectivity index (χ1v) is 16.6. The first kappa shape index (κ1) is 35.6. The van der Waals surface area contributed by atoms with E-state index in [4.69, 9.17) is 30.5 Å². The lowest BCUT2D eigenvalue weighted by Gasteiger charge is -2.27. The van der Waals surface area contributed by atoms with E-state index in [1.165, 1.54) is 19.1 Å². The smallest absolute Gasteiger partial charge is 0.326 e. The maximum atomic E-state index is 12.6. The Morgan fingerprint density at radius 3 is 2.36 bits per heavy atom. The number of halogens is 1. The standard InChI is InChI=1S/C30H36ClN3O6S2.C2H6/c1-5-40-29(36)19-34(42-24-12-8-22(38-3)9-13-24)27-15-14-26(31)30-25(27)16-20(32-30)17-33(18-28(35)39-4)41-23-10-6-21(37-2)7-11-23;1-2/h6,8-10,12-16,21,23,32H,5,7,11,17-19H2,1-4H3;1-2H3. The van der Waals surface area contributed by atoms with Gasteiger partial charge in [0, 0.05) is 34.9 Å². The molecule has 0 saturated heterocycles. The van der Waals surface area contributed by atoms with Gasteiger partial charge in [0.15, 0.2) is 0 Å². The third-order valence-electron chi connectivity index (χ3n) is 6.64. The monoisotopic (exact) mass is 663 g/mol. The molecule has 1 N–H and O–H groups in total. The minimum atomic E-state index is -0.339. The molecular formula is C32H42ClN3O6S2. The molecule has 44 heavy (non-hydrogen) atoms. The number of ether oxygens (including phenoxy) is 4. The van der Waals surface area contributed by atoms with Crippen LogP contribution < -0.4 is 9.04 Å². The van der Waals surface area contributed by atoms with Gasteiger partial charge in [-0.15, -0.1) is 0 Å². The highest BCUT2D eigenvalue weighted by atomic mass is 35.5. The number of fused-ring (bicyclic) bond motifs is 1. The summed E-state index contributed by atoms with van der Waals surface area (Å²) in [6.45, 7) is 6.68. The molecular weight excluding hydrogens is 622 g/mol. The van der Waals surface area contributed by atoms with Gasteiger partial charge in [-0.25, -0.2) is 4.31 Å². The molecule has 1 aliphatic rings. The summed E-state index contributed by atoms with van der Waals surface area (Å²) in [5.74, 6) is 0.0923.